The van der Waals surface area contributed by atoms with E-state index in [-0.39, 0.29) is 5.56 Å². The molecule has 1 N–H and O–H groups in total. The summed E-state index contributed by atoms with van der Waals surface area (Å²) >= 11 is 0. The average molecular weight is 274 g/mol. The molecule has 1 aliphatic heterocycles. The average Bonchev–Trinajstić information content (AvgIpc) is 2.48. The van der Waals surface area contributed by atoms with Crippen molar-refractivity contribution in [2.45, 2.75) is 0 Å². The van der Waals surface area contributed by atoms with Gasteiger partial charge in [-0.25, -0.2) is 0 Å². The Kier molecular flexibility index (Phi) is 3.99. The lowest BCUT2D eigenvalue weighted by Crippen LogP contribution is -2.38. The van der Waals surface area contributed by atoms with Crippen LogP contribution in [0.15, 0.2) is 35.3 Å². The van der Waals surface area contributed by atoms with Crippen molar-refractivity contribution < 1.29 is 9.47 Å². The lowest BCUT2D eigenvalue weighted by Gasteiger charge is -2.26. The van der Waals surface area contributed by atoms with E-state index < -0.39 is 0 Å². The summed E-state index contributed by atoms with van der Waals surface area (Å²) in [6.45, 7) is 5.09. The molecule has 0 saturated carbocycles. The van der Waals surface area contributed by atoms with Crippen LogP contribution in [-0.2, 0) is 4.74 Å². The lowest BCUT2D eigenvalue weighted by molar-refractivity contribution is 0.0322. The normalized spacial score (nSPS) is 16.4. The molecule has 2 heterocycles. The van der Waals surface area contributed by atoms with Crippen LogP contribution >= 0.6 is 0 Å². The number of nitrogens with one attached hydrogen (secondary N) is 1. The van der Waals surface area contributed by atoms with Crippen molar-refractivity contribution in [2.75, 3.05) is 39.5 Å². The summed E-state index contributed by atoms with van der Waals surface area (Å²) < 4.78 is 11.1. The van der Waals surface area contributed by atoms with Crippen molar-refractivity contribution in [3.8, 4) is 5.75 Å². The van der Waals surface area contributed by atoms with Gasteiger partial charge in [0.25, 0.3) is 5.56 Å². The van der Waals surface area contributed by atoms with E-state index in [9.17, 15) is 4.79 Å². The van der Waals surface area contributed by atoms with Gasteiger partial charge >= 0.3 is 0 Å². The van der Waals surface area contributed by atoms with E-state index >= 15 is 0 Å². The van der Waals surface area contributed by atoms with Crippen molar-refractivity contribution in [3.63, 3.8) is 0 Å². The third-order valence-corrected chi connectivity index (χ3v) is 3.52. The second-order valence-electron chi connectivity index (χ2n) is 4.86. The minimum absolute atomic E-state index is 0.0673. The minimum atomic E-state index is -0.0673. The SMILES string of the molecule is O=c1[nH]ccc2cc(OCCN3CCOCC3)ccc12. The number of aromatic amines is 1. The van der Waals surface area contributed by atoms with Gasteiger partial charge in [0.15, 0.2) is 0 Å². The van der Waals surface area contributed by atoms with E-state index in [1.54, 1.807) is 12.3 Å². The van der Waals surface area contributed by atoms with Crippen LogP contribution in [0.1, 0.15) is 0 Å². The molecule has 1 aliphatic rings. The van der Waals surface area contributed by atoms with E-state index in [1.807, 2.05) is 18.2 Å². The van der Waals surface area contributed by atoms with Gasteiger partial charge in [-0.2, -0.15) is 0 Å². The Morgan fingerprint density at radius 1 is 1.25 bits per heavy atom. The highest BCUT2D eigenvalue weighted by Crippen LogP contribution is 2.17. The maximum atomic E-state index is 11.6. The molecule has 5 heteroatoms. The highest BCUT2D eigenvalue weighted by molar-refractivity contribution is 5.82. The first-order valence-corrected chi connectivity index (χ1v) is 6.87. The van der Waals surface area contributed by atoms with Crippen molar-refractivity contribution in [3.05, 3.63) is 40.8 Å². The standard InChI is InChI=1S/C15H18N2O3/c18-15-14-2-1-13(11-12(14)3-4-16-15)20-10-7-17-5-8-19-9-6-17/h1-4,11H,5-10H2,(H,16,18). The van der Waals surface area contributed by atoms with Crippen LogP contribution in [0.2, 0.25) is 0 Å². The highest BCUT2D eigenvalue weighted by atomic mass is 16.5. The molecule has 0 amide bonds. The molecule has 2 aromatic rings. The van der Waals surface area contributed by atoms with E-state index in [4.69, 9.17) is 9.47 Å². The third-order valence-electron chi connectivity index (χ3n) is 3.52. The Morgan fingerprint density at radius 3 is 2.95 bits per heavy atom. The number of hydrogen-bond donors (Lipinski definition) is 1. The van der Waals surface area contributed by atoms with Gasteiger partial charge in [0.1, 0.15) is 12.4 Å². The number of benzene rings is 1. The molecule has 0 atom stereocenters. The molecule has 1 saturated heterocycles. The molecular formula is C15H18N2O3. The summed E-state index contributed by atoms with van der Waals surface area (Å²) in [5.41, 5.74) is -0.0673. The molecule has 1 fully saturated rings. The number of rotatable bonds is 4. The molecule has 1 aromatic heterocycles. The predicted octanol–water partition coefficient (Wildman–Crippen LogP) is 1.24. The zero-order valence-corrected chi connectivity index (χ0v) is 11.3. The number of H-pyrrole nitrogens is 1. The molecule has 0 radical (unpaired) electrons. The number of aromatic nitrogens is 1. The predicted molar refractivity (Wildman–Crippen MR) is 77.3 cm³/mol. The summed E-state index contributed by atoms with van der Waals surface area (Å²) in [7, 11) is 0. The monoisotopic (exact) mass is 274 g/mol. The molecule has 1 aromatic carbocycles. The molecule has 106 valence electrons. The number of morpholine rings is 1. The molecule has 0 spiro atoms. The number of fused-ring (bicyclic) bond motifs is 1. The van der Waals surface area contributed by atoms with Crippen molar-refractivity contribution in [1.82, 2.24) is 9.88 Å². The van der Waals surface area contributed by atoms with Gasteiger partial charge in [-0.05, 0) is 29.7 Å². The van der Waals surface area contributed by atoms with Crippen molar-refractivity contribution >= 4 is 10.8 Å². The second kappa shape index (κ2) is 6.07. The number of pyridine rings is 1. The maximum Gasteiger partial charge on any atom is 0.255 e. The first-order valence-electron chi connectivity index (χ1n) is 6.87. The molecular weight excluding hydrogens is 256 g/mol. The van der Waals surface area contributed by atoms with Crippen molar-refractivity contribution in [2.24, 2.45) is 0 Å². The largest absolute Gasteiger partial charge is 0.492 e. The van der Waals surface area contributed by atoms with E-state index in [2.05, 4.69) is 9.88 Å². The summed E-state index contributed by atoms with van der Waals surface area (Å²) in [4.78, 5) is 16.6. The summed E-state index contributed by atoms with van der Waals surface area (Å²) in [5.74, 6) is 0.802. The van der Waals surface area contributed by atoms with Gasteiger partial charge in [-0.1, -0.05) is 0 Å². The second-order valence-corrected chi connectivity index (χ2v) is 4.86. The summed E-state index contributed by atoms with van der Waals surface area (Å²) in [5, 5.41) is 1.59. The molecule has 20 heavy (non-hydrogen) atoms. The van der Waals surface area contributed by atoms with Crippen LogP contribution < -0.4 is 10.3 Å². The number of hydrogen-bond acceptors (Lipinski definition) is 4. The first-order chi connectivity index (χ1) is 9.83. The topological polar surface area (TPSA) is 54.6 Å². The fraction of sp³-hybridized carbons (Fsp3) is 0.400. The zero-order valence-electron chi connectivity index (χ0n) is 11.3. The van der Waals surface area contributed by atoms with Gasteiger partial charge in [-0.15, -0.1) is 0 Å². The quantitative estimate of drug-likeness (QED) is 0.911. The summed E-state index contributed by atoms with van der Waals surface area (Å²) in [6.07, 6.45) is 1.65. The molecule has 0 aliphatic carbocycles. The van der Waals surface area contributed by atoms with Gasteiger partial charge < -0.3 is 14.5 Å². The van der Waals surface area contributed by atoms with Gasteiger partial charge in [0.05, 0.1) is 13.2 Å². The number of nitrogens with zero attached hydrogens (tertiary/aromatic N) is 1. The molecule has 0 bridgehead atoms. The van der Waals surface area contributed by atoms with Crippen LogP contribution in [0.3, 0.4) is 0 Å². The fourth-order valence-electron chi connectivity index (χ4n) is 2.38. The van der Waals surface area contributed by atoms with Crippen molar-refractivity contribution in [1.29, 1.82) is 0 Å². The van der Waals surface area contributed by atoms with Crippen LogP contribution in [0.4, 0.5) is 0 Å². The Hall–Kier alpha value is -1.85. The Morgan fingerprint density at radius 2 is 2.10 bits per heavy atom. The van der Waals surface area contributed by atoms with Gasteiger partial charge in [-0.3, -0.25) is 9.69 Å². The van der Waals surface area contributed by atoms with E-state index in [0.717, 1.165) is 44.0 Å². The van der Waals surface area contributed by atoms with Gasteiger partial charge in [0, 0.05) is 31.2 Å². The Balaban J connectivity index is 1.61. The lowest BCUT2D eigenvalue weighted by atomic mass is 10.2. The van der Waals surface area contributed by atoms with Crippen LogP contribution in [-0.4, -0.2) is 49.3 Å². The molecule has 3 rings (SSSR count). The van der Waals surface area contributed by atoms with E-state index in [0.29, 0.717) is 12.0 Å². The van der Waals surface area contributed by atoms with Crippen LogP contribution in [0, 0.1) is 0 Å². The number of ether oxygens (including phenoxy) is 2. The Bertz CT molecular complexity index is 632. The zero-order chi connectivity index (χ0) is 13.8. The Labute approximate surface area is 117 Å². The maximum absolute atomic E-state index is 11.6. The smallest absolute Gasteiger partial charge is 0.255 e. The summed E-state index contributed by atoms with van der Waals surface area (Å²) in [6, 6.07) is 7.44. The first kappa shape index (κ1) is 13.1. The van der Waals surface area contributed by atoms with Gasteiger partial charge in [0.2, 0.25) is 0 Å². The third kappa shape index (κ3) is 3.00. The highest BCUT2D eigenvalue weighted by Gasteiger charge is 2.09. The van der Waals surface area contributed by atoms with E-state index in [1.165, 1.54) is 0 Å². The molecule has 0 unspecified atom stereocenters. The van der Waals surface area contributed by atoms with Crippen LogP contribution in [0.5, 0.6) is 5.75 Å². The van der Waals surface area contributed by atoms with Crippen LogP contribution in [0.25, 0.3) is 10.8 Å². The minimum Gasteiger partial charge on any atom is -0.492 e. The fourth-order valence-corrected chi connectivity index (χ4v) is 2.38. The molecule has 5 nitrogen and oxygen atoms in total.